The number of anilines is 4. The fourth-order valence-electron chi connectivity index (χ4n) is 11.2. The third-order valence-corrected chi connectivity index (χ3v) is 15.4. The Hall–Kier alpha value is -8.76. The third-order valence-electron chi connectivity index (χ3n) is 15.4. The van der Waals surface area contributed by atoms with E-state index in [2.05, 4.69) is 240 Å². The van der Waals surface area contributed by atoms with Crippen molar-refractivity contribution in [1.82, 2.24) is 9.55 Å². The second-order valence-electron chi connectivity index (χ2n) is 22.7. The van der Waals surface area contributed by atoms with Gasteiger partial charge in [0.2, 0.25) is 0 Å². The van der Waals surface area contributed by atoms with Crippen molar-refractivity contribution < 1.29 is 29.9 Å². The summed E-state index contributed by atoms with van der Waals surface area (Å²) >= 11 is 0. The van der Waals surface area contributed by atoms with Crippen LogP contribution in [0.3, 0.4) is 0 Å². The van der Waals surface area contributed by atoms with Crippen LogP contribution in [0.1, 0.15) is 62.3 Å². The largest absolute Gasteiger partial charge is 0.509 e. The van der Waals surface area contributed by atoms with Crippen LogP contribution in [0.15, 0.2) is 237 Å². The van der Waals surface area contributed by atoms with Crippen molar-refractivity contribution in [3.8, 4) is 73.0 Å². The minimum atomic E-state index is -2.43. The average molecular weight is 1230 g/mol. The van der Waals surface area contributed by atoms with Gasteiger partial charge in [-0.3, -0.25) is 0 Å². The summed E-state index contributed by atoms with van der Waals surface area (Å²) in [7, 11) is 0. The predicted molar refractivity (Wildman–Crippen MR) is 334 cm³/mol. The number of rotatable bonds is 10. The number of aryl methyl sites for hydroxylation is 1. The number of pyridine rings is 1. The van der Waals surface area contributed by atoms with E-state index in [0.717, 1.165) is 89.1 Å². The van der Waals surface area contributed by atoms with E-state index in [1.807, 2.05) is 59.2 Å². The first kappa shape index (κ1) is 49.3. The first-order chi connectivity index (χ1) is 40.0. The molecule has 12 aromatic rings. The number of para-hydroxylation sites is 4. The SMILES string of the molecule is [2H]C([2H])([2H])c1cc(-n2c3[c-]c(Oc4[c-]c(N5[CH-]N(c6c(-c7ccc(C(C)(C)C)cc7)cccc6-c6cccc(-c7ccccc7)c6)c6ccccc65)ccc4)cc(-c4ccc(C(C)(C)C)cc4)c3c3ccccc32)ncc1-c1ccccc1.[Pt]. The van der Waals surface area contributed by atoms with E-state index in [9.17, 15) is 0 Å². The summed E-state index contributed by atoms with van der Waals surface area (Å²) in [6.45, 7) is 13.2. The Morgan fingerprint density at radius 3 is 1.70 bits per heavy atom. The number of benzene rings is 10. The topological polar surface area (TPSA) is 33.5 Å². The second-order valence-corrected chi connectivity index (χ2v) is 22.7. The summed E-state index contributed by atoms with van der Waals surface area (Å²) < 4.78 is 35.3. The van der Waals surface area contributed by atoms with Gasteiger partial charge >= 0.3 is 0 Å². The Kier molecular flexibility index (Phi) is 13.0. The van der Waals surface area contributed by atoms with E-state index in [1.165, 1.54) is 11.1 Å². The Morgan fingerprint density at radius 2 is 1.02 bits per heavy atom. The van der Waals surface area contributed by atoms with Crippen molar-refractivity contribution in [3.05, 3.63) is 272 Å². The van der Waals surface area contributed by atoms with Gasteiger partial charge in [-0.2, -0.15) is 6.07 Å². The van der Waals surface area contributed by atoms with Crippen molar-refractivity contribution >= 4 is 44.6 Å². The van der Waals surface area contributed by atoms with Crippen LogP contribution in [-0.2, 0) is 31.9 Å². The molecule has 3 heterocycles. The molecule has 0 unspecified atom stereocenters. The molecule has 0 radical (unpaired) electrons. The molecule has 1 aliphatic rings. The summed E-state index contributed by atoms with van der Waals surface area (Å²) in [4.78, 5) is 9.55. The van der Waals surface area contributed by atoms with Gasteiger partial charge in [-0.15, -0.1) is 48.3 Å². The molecule has 10 aromatic carbocycles. The number of hydrogen-bond acceptors (Lipinski definition) is 4. The molecular formula is C75H61N4OPt-3. The Bertz CT molecular complexity index is 4390. The number of aromatic nitrogens is 2. The Labute approximate surface area is 495 Å². The van der Waals surface area contributed by atoms with Gasteiger partial charge in [0.05, 0.1) is 0 Å². The monoisotopic (exact) mass is 1230 g/mol. The molecule has 0 fully saturated rings. The minimum Gasteiger partial charge on any atom is -0.509 e. The molecule has 0 atom stereocenters. The van der Waals surface area contributed by atoms with Gasteiger partial charge in [-0.1, -0.05) is 228 Å². The van der Waals surface area contributed by atoms with Crippen LogP contribution in [0.4, 0.5) is 22.7 Å². The van der Waals surface area contributed by atoms with Crippen molar-refractivity contribution in [3.63, 3.8) is 0 Å². The molecule has 13 rings (SSSR count). The fourth-order valence-corrected chi connectivity index (χ4v) is 11.2. The maximum absolute atomic E-state index is 8.76. The quantitative estimate of drug-likeness (QED) is 0.128. The molecule has 0 aliphatic carbocycles. The van der Waals surface area contributed by atoms with E-state index >= 15 is 0 Å². The average Bonchev–Trinajstić information content (AvgIpc) is 3.28. The minimum absolute atomic E-state index is 0. The van der Waals surface area contributed by atoms with Crippen LogP contribution in [-0.4, -0.2) is 9.55 Å². The summed E-state index contributed by atoms with van der Waals surface area (Å²) in [6, 6.07) is 87.2. The summed E-state index contributed by atoms with van der Waals surface area (Å²) in [5.74, 6) is 1.41. The number of nitrogens with zero attached hydrogens (tertiary/aromatic N) is 4. The van der Waals surface area contributed by atoms with Crippen molar-refractivity contribution in [2.45, 2.75) is 59.2 Å². The summed E-state index contributed by atoms with van der Waals surface area (Å²) in [5.41, 5.74) is 18.1. The van der Waals surface area contributed by atoms with Gasteiger partial charge in [-0.25, -0.2) is 4.98 Å². The Balaban J connectivity index is 0.00000694. The normalized spacial score (nSPS) is 13.1. The van der Waals surface area contributed by atoms with Crippen LogP contribution in [0.25, 0.3) is 83.3 Å². The molecule has 0 saturated heterocycles. The molecule has 2 aromatic heterocycles. The third kappa shape index (κ3) is 10.1. The van der Waals surface area contributed by atoms with Crippen LogP contribution in [0, 0.1) is 25.7 Å². The van der Waals surface area contributed by atoms with Crippen molar-refractivity contribution in [1.29, 1.82) is 0 Å². The molecule has 0 bridgehead atoms. The zero-order valence-corrected chi connectivity index (χ0v) is 48.4. The van der Waals surface area contributed by atoms with Gasteiger partial charge in [-0.05, 0) is 103 Å². The summed E-state index contributed by atoms with van der Waals surface area (Å²) in [5, 5.41) is 1.92. The first-order valence-electron chi connectivity index (χ1n) is 28.8. The zero-order valence-electron chi connectivity index (χ0n) is 49.1. The van der Waals surface area contributed by atoms with Crippen molar-refractivity contribution in [2.75, 3.05) is 9.80 Å². The molecule has 6 heteroatoms. The van der Waals surface area contributed by atoms with Crippen LogP contribution in [0.2, 0.25) is 0 Å². The van der Waals surface area contributed by atoms with Crippen LogP contribution >= 0.6 is 0 Å². The van der Waals surface area contributed by atoms with E-state index < -0.39 is 6.85 Å². The maximum Gasteiger partial charge on any atom is 0.135 e. The van der Waals surface area contributed by atoms with E-state index in [-0.39, 0.29) is 37.5 Å². The van der Waals surface area contributed by atoms with Crippen molar-refractivity contribution in [2.24, 2.45) is 0 Å². The number of ether oxygens (including phenoxy) is 1. The van der Waals surface area contributed by atoms with E-state index in [1.54, 1.807) is 12.3 Å². The predicted octanol–water partition coefficient (Wildman–Crippen LogP) is 20.2. The smallest absolute Gasteiger partial charge is 0.135 e. The van der Waals surface area contributed by atoms with Gasteiger partial charge in [0.15, 0.2) is 0 Å². The first-order valence-corrected chi connectivity index (χ1v) is 27.3. The molecule has 0 saturated carbocycles. The molecule has 1 aliphatic heterocycles. The van der Waals surface area contributed by atoms with E-state index in [0.29, 0.717) is 28.4 Å². The number of fused-ring (bicyclic) bond motifs is 4. The second kappa shape index (κ2) is 21.4. The Morgan fingerprint density at radius 1 is 0.469 bits per heavy atom. The fraction of sp³-hybridized carbons (Fsp3) is 0.120. The molecule has 400 valence electrons. The van der Waals surface area contributed by atoms with Gasteiger partial charge < -0.3 is 19.1 Å². The summed E-state index contributed by atoms with van der Waals surface area (Å²) in [6.07, 6.45) is 1.68. The van der Waals surface area contributed by atoms with Crippen LogP contribution < -0.4 is 14.5 Å². The molecule has 0 spiro atoms. The molecule has 81 heavy (non-hydrogen) atoms. The molecule has 0 amide bonds. The molecular weight excluding hydrogens is 1170 g/mol. The van der Waals surface area contributed by atoms with Gasteiger partial charge in [0, 0.05) is 82.1 Å². The molecule has 5 nitrogen and oxygen atoms in total. The van der Waals surface area contributed by atoms with Crippen LogP contribution in [0.5, 0.6) is 11.5 Å². The van der Waals surface area contributed by atoms with Gasteiger partial charge in [0.1, 0.15) is 5.82 Å². The zero-order chi connectivity index (χ0) is 57.2. The maximum atomic E-state index is 8.76. The van der Waals surface area contributed by atoms with E-state index in [4.69, 9.17) is 13.8 Å². The number of hydrogen-bond donors (Lipinski definition) is 0. The standard InChI is InChI=1S/C75H61N4O.Pt/c1-50-43-71(76-48-66(50)52-23-12-9-13-24-52)79-67-32-15-14-29-64(67)72-65(54-37-41-58(42-38-54)75(5,6)7)46-61(47-70(72)79)80-60-28-19-27-59(45-60)77-49-78(69-34-17-16-33-68(69)77)73-62(53-35-39-57(40-36-53)74(2,3)4)30-20-31-63(73)56-26-18-25-55(44-56)51-21-10-8-11-22-51;/h8-44,46,48-49H,1-7H3;/q-3;/i1D3;. The molecule has 0 N–H and O–H groups in total. The van der Waals surface area contributed by atoms with Gasteiger partial charge in [0.25, 0.3) is 0 Å².